The molecule has 182 valence electrons. The number of carbonyl (C=O) groups is 3. The molecule has 34 heavy (non-hydrogen) atoms. The molecule has 0 spiro atoms. The van der Waals surface area contributed by atoms with Crippen molar-refractivity contribution in [1.29, 1.82) is 0 Å². The van der Waals surface area contributed by atoms with Crippen LogP contribution >= 0.6 is 11.9 Å². The Morgan fingerprint density at radius 3 is 2.41 bits per heavy atom. The van der Waals surface area contributed by atoms with Crippen LogP contribution in [0.4, 0.5) is 14.0 Å². The van der Waals surface area contributed by atoms with Gasteiger partial charge in [0.15, 0.2) is 0 Å². The predicted octanol–water partition coefficient (Wildman–Crippen LogP) is 3.67. The molecule has 0 bridgehead atoms. The molecule has 0 radical (unpaired) electrons. The lowest BCUT2D eigenvalue weighted by molar-refractivity contribution is 0.0276. The van der Waals surface area contributed by atoms with E-state index < -0.39 is 41.6 Å². The highest BCUT2D eigenvalue weighted by Crippen LogP contribution is 2.39. The van der Waals surface area contributed by atoms with Gasteiger partial charge in [-0.05, 0) is 26.8 Å². The van der Waals surface area contributed by atoms with E-state index in [-0.39, 0.29) is 23.8 Å². The van der Waals surface area contributed by atoms with Crippen LogP contribution in [0.5, 0.6) is 0 Å². The Kier molecular flexibility index (Phi) is 7.83. The third-order valence-corrected chi connectivity index (χ3v) is 6.10. The standard InChI is InChI=1S/C24H28FN3O5S/c1-23(2,3)33-22(32)28-13-17(14-29)24(15-28,18-11-7-8-12-19(18)25)26-21(31)27-34-20(30)16-9-5-4-6-10-16/h4-12,17,29H,13-15H2,1-3H3,(H2,26,27,31). The van der Waals surface area contributed by atoms with Crippen LogP contribution in [0.3, 0.4) is 0 Å². The first-order valence-electron chi connectivity index (χ1n) is 10.7. The van der Waals surface area contributed by atoms with E-state index in [1.165, 1.54) is 23.1 Å². The number of carbonyl (C=O) groups excluding carboxylic acids is 3. The molecule has 2 unspecified atom stereocenters. The predicted molar refractivity (Wildman–Crippen MR) is 126 cm³/mol. The largest absolute Gasteiger partial charge is 0.444 e. The third kappa shape index (κ3) is 5.87. The summed E-state index contributed by atoms with van der Waals surface area (Å²) in [7, 11) is 0. The summed E-state index contributed by atoms with van der Waals surface area (Å²) in [6.07, 6.45) is -0.639. The van der Waals surface area contributed by atoms with Gasteiger partial charge >= 0.3 is 12.1 Å². The molecule has 1 fully saturated rings. The molecule has 1 aliphatic heterocycles. The van der Waals surface area contributed by atoms with Gasteiger partial charge < -0.3 is 20.1 Å². The lowest BCUT2D eigenvalue weighted by atomic mass is 9.80. The molecule has 1 heterocycles. The summed E-state index contributed by atoms with van der Waals surface area (Å²) in [5, 5.41) is 12.5. The Labute approximate surface area is 202 Å². The molecule has 0 aromatic heterocycles. The number of nitrogens with one attached hydrogen (secondary N) is 2. The number of aliphatic hydroxyl groups is 1. The summed E-state index contributed by atoms with van der Waals surface area (Å²) in [6, 6.07) is 13.5. The smallest absolute Gasteiger partial charge is 0.410 e. The molecule has 2 aromatic rings. The van der Waals surface area contributed by atoms with E-state index in [1.54, 1.807) is 57.2 Å². The summed E-state index contributed by atoms with van der Waals surface area (Å²) in [5.74, 6) is -1.32. The summed E-state index contributed by atoms with van der Waals surface area (Å²) < 4.78 is 22.8. The highest BCUT2D eigenvalue weighted by atomic mass is 32.2. The van der Waals surface area contributed by atoms with Crippen LogP contribution < -0.4 is 10.0 Å². The first kappa shape index (κ1) is 25.5. The van der Waals surface area contributed by atoms with Gasteiger partial charge in [-0.2, -0.15) is 0 Å². The van der Waals surface area contributed by atoms with Crippen molar-refractivity contribution in [1.82, 2.24) is 14.9 Å². The van der Waals surface area contributed by atoms with Gasteiger partial charge in [0, 0.05) is 35.5 Å². The number of rotatable bonds is 4. The van der Waals surface area contributed by atoms with Crippen molar-refractivity contribution < 1.29 is 28.6 Å². The van der Waals surface area contributed by atoms with Crippen molar-refractivity contribution in [2.45, 2.75) is 31.9 Å². The second-order valence-corrected chi connectivity index (χ2v) is 9.78. The maximum Gasteiger partial charge on any atom is 0.410 e. The molecule has 1 aliphatic rings. The Morgan fingerprint density at radius 2 is 1.79 bits per heavy atom. The van der Waals surface area contributed by atoms with E-state index in [9.17, 15) is 23.9 Å². The highest BCUT2D eigenvalue weighted by Gasteiger charge is 2.52. The summed E-state index contributed by atoms with van der Waals surface area (Å²) >= 11 is 0.580. The molecule has 2 aromatic carbocycles. The minimum Gasteiger partial charge on any atom is -0.444 e. The zero-order valence-corrected chi connectivity index (χ0v) is 20.0. The second-order valence-electron chi connectivity index (χ2n) is 9.00. The molecule has 0 aliphatic carbocycles. The van der Waals surface area contributed by atoms with E-state index in [2.05, 4.69) is 10.0 Å². The minimum atomic E-state index is -1.45. The SMILES string of the molecule is CC(C)(C)OC(=O)N1CC(CO)C(NC(=O)NSC(=O)c2ccccc2)(c2ccccc2F)C1. The average molecular weight is 490 g/mol. The van der Waals surface area contributed by atoms with Gasteiger partial charge in [0.25, 0.3) is 0 Å². The third-order valence-electron chi connectivity index (χ3n) is 5.39. The molecule has 2 atom stereocenters. The van der Waals surface area contributed by atoms with Crippen molar-refractivity contribution >= 4 is 29.2 Å². The van der Waals surface area contributed by atoms with E-state index in [0.717, 1.165) is 0 Å². The Balaban J connectivity index is 1.85. The molecular formula is C24H28FN3O5S. The molecular weight excluding hydrogens is 461 g/mol. The van der Waals surface area contributed by atoms with Crippen molar-refractivity contribution in [2.75, 3.05) is 19.7 Å². The first-order chi connectivity index (χ1) is 16.1. The fourth-order valence-electron chi connectivity index (χ4n) is 3.89. The zero-order valence-electron chi connectivity index (χ0n) is 19.2. The van der Waals surface area contributed by atoms with Crippen LogP contribution in [-0.4, -0.2) is 52.5 Å². The van der Waals surface area contributed by atoms with Crippen LogP contribution in [0.2, 0.25) is 0 Å². The first-order valence-corrected chi connectivity index (χ1v) is 11.6. The molecule has 3 rings (SSSR count). The fraction of sp³-hybridized carbons (Fsp3) is 0.375. The quantitative estimate of drug-likeness (QED) is 0.566. The van der Waals surface area contributed by atoms with Crippen LogP contribution in [0.25, 0.3) is 0 Å². The molecule has 8 nitrogen and oxygen atoms in total. The van der Waals surface area contributed by atoms with E-state index in [1.807, 2.05) is 0 Å². The van der Waals surface area contributed by atoms with Gasteiger partial charge in [0.05, 0.1) is 18.7 Å². The number of amides is 3. The van der Waals surface area contributed by atoms with Crippen molar-refractivity contribution in [3.63, 3.8) is 0 Å². The van der Waals surface area contributed by atoms with Crippen LogP contribution in [0, 0.1) is 11.7 Å². The van der Waals surface area contributed by atoms with Crippen LogP contribution in [-0.2, 0) is 10.3 Å². The number of ether oxygens (including phenoxy) is 1. The monoisotopic (exact) mass is 489 g/mol. The maximum atomic E-state index is 14.9. The normalized spacial score (nSPS) is 20.0. The Hall–Kier alpha value is -3.11. The number of benzene rings is 2. The summed E-state index contributed by atoms with van der Waals surface area (Å²) in [6.45, 7) is 4.66. The molecule has 3 amide bonds. The molecule has 10 heteroatoms. The van der Waals surface area contributed by atoms with Crippen LogP contribution in [0.15, 0.2) is 54.6 Å². The van der Waals surface area contributed by atoms with Gasteiger partial charge in [0.1, 0.15) is 11.4 Å². The van der Waals surface area contributed by atoms with Gasteiger partial charge in [0.2, 0.25) is 5.12 Å². The summed E-state index contributed by atoms with van der Waals surface area (Å²) in [4.78, 5) is 39.3. The lowest BCUT2D eigenvalue weighted by Gasteiger charge is -2.35. The van der Waals surface area contributed by atoms with Crippen molar-refractivity contribution in [3.8, 4) is 0 Å². The van der Waals surface area contributed by atoms with E-state index in [4.69, 9.17) is 4.74 Å². The van der Waals surface area contributed by atoms with E-state index >= 15 is 0 Å². The van der Waals surface area contributed by atoms with Gasteiger partial charge in [-0.25, -0.2) is 14.0 Å². The van der Waals surface area contributed by atoms with Gasteiger partial charge in [-0.3, -0.25) is 9.52 Å². The van der Waals surface area contributed by atoms with Gasteiger partial charge in [-0.1, -0.05) is 48.5 Å². The van der Waals surface area contributed by atoms with E-state index in [0.29, 0.717) is 17.5 Å². The average Bonchev–Trinajstić information content (AvgIpc) is 3.16. The zero-order chi connectivity index (χ0) is 24.9. The molecule has 0 saturated carbocycles. The minimum absolute atomic E-state index is 0.0378. The second kappa shape index (κ2) is 10.4. The molecule has 3 N–H and O–H groups in total. The molecule has 1 saturated heterocycles. The number of nitrogens with zero attached hydrogens (tertiary/aromatic N) is 1. The number of halogens is 1. The van der Waals surface area contributed by atoms with Gasteiger partial charge in [-0.15, -0.1) is 0 Å². The fourth-order valence-corrected chi connectivity index (χ4v) is 4.38. The lowest BCUT2D eigenvalue weighted by Crippen LogP contribution is -2.55. The van der Waals surface area contributed by atoms with Crippen LogP contribution in [0.1, 0.15) is 36.7 Å². The Bertz CT molecular complexity index is 1050. The number of hydrogen-bond acceptors (Lipinski definition) is 6. The van der Waals surface area contributed by atoms with Crippen molar-refractivity contribution in [3.05, 3.63) is 71.5 Å². The number of urea groups is 1. The Morgan fingerprint density at radius 1 is 1.15 bits per heavy atom. The maximum absolute atomic E-state index is 14.9. The highest BCUT2D eigenvalue weighted by molar-refractivity contribution is 8.12. The number of hydrogen-bond donors (Lipinski definition) is 3. The number of likely N-dealkylation sites (tertiary alicyclic amines) is 1. The van der Waals surface area contributed by atoms with Crippen molar-refractivity contribution in [2.24, 2.45) is 5.92 Å². The topological polar surface area (TPSA) is 108 Å². The summed E-state index contributed by atoms with van der Waals surface area (Å²) in [5.41, 5.74) is -1.68. The number of aliphatic hydroxyl groups excluding tert-OH is 1.